The average Bonchev–Trinajstić information content (AvgIpc) is 3.04. The number of benzene rings is 1. The molecule has 4 heteroatoms. The number of likely N-dealkylation sites (tertiary alicyclic amines) is 1. The summed E-state index contributed by atoms with van der Waals surface area (Å²) in [5.41, 5.74) is 7.62. The highest BCUT2D eigenvalue weighted by molar-refractivity contribution is 5.93. The number of nitrogens with zero attached hydrogens (tertiary/aromatic N) is 2. The first-order chi connectivity index (χ1) is 13.0. The van der Waals surface area contributed by atoms with Crippen molar-refractivity contribution < 1.29 is 4.79 Å². The maximum Gasteiger partial charge on any atom is 0.248 e. The Hall–Kier alpha value is -1.86. The van der Waals surface area contributed by atoms with Crippen molar-refractivity contribution in [3.63, 3.8) is 0 Å². The zero-order valence-corrected chi connectivity index (χ0v) is 16.4. The lowest BCUT2D eigenvalue weighted by atomic mass is 9.83. The van der Waals surface area contributed by atoms with Gasteiger partial charge < -0.3 is 10.6 Å². The summed E-state index contributed by atoms with van der Waals surface area (Å²) in [6, 6.07) is 10.6. The summed E-state index contributed by atoms with van der Waals surface area (Å²) in [4.78, 5) is 14.2. The fraction of sp³-hybridized carbons (Fsp3) is 0.652. The summed E-state index contributed by atoms with van der Waals surface area (Å²) in [5.74, 6) is 1.05. The number of amides is 1. The Labute approximate surface area is 162 Å². The summed E-state index contributed by atoms with van der Waals surface area (Å²) in [6.45, 7) is 5.70. The number of piperidine rings is 1. The minimum atomic E-state index is -0.339. The number of primary amides is 1. The van der Waals surface area contributed by atoms with Crippen molar-refractivity contribution in [2.24, 2.45) is 23.0 Å². The Kier molecular flexibility index (Phi) is 4.76. The minimum absolute atomic E-state index is 0.0228. The molecule has 2 unspecified atom stereocenters. The number of hydrogen-bond donors (Lipinski definition) is 1. The van der Waals surface area contributed by atoms with E-state index in [9.17, 15) is 10.1 Å². The van der Waals surface area contributed by atoms with Crippen LogP contribution in [-0.2, 0) is 5.41 Å². The van der Waals surface area contributed by atoms with Crippen LogP contribution >= 0.6 is 0 Å². The van der Waals surface area contributed by atoms with E-state index in [2.05, 4.69) is 24.0 Å². The smallest absolute Gasteiger partial charge is 0.248 e. The molecular formula is C23H31N3O. The van der Waals surface area contributed by atoms with Gasteiger partial charge in [0.2, 0.25) is 5.91 Å². The van der Waals surface area contributed by atoms with E-state index in [4.69, 9.17) is 5.73 Å². The molecule has 144 valence electrons. The van der Waals surface area contributed by atoms with E-state index in [0.29, 0.717) is 17.4 Å². The van der Waals surface area contributed by atoms with Gasteiger partial charge in [0, 0.05) is 24.1 Å². The van der Waals surface area contributed by atoms with Crippen LogP contribution in [0.4, 0.5) is 0 Å². The second kappa shape index (κ2) is 6.95. The molecule has 3 aliphatic rings. The molecule has 4 nitrogen and oxygen atoms in total. The first kappa shape index (κ1) is 18.5. The molecule has 1 aromatic carbocycles. The van der Waals surface area contributed by atoms with Crippen molar-refractivity contribution in [2.45, 2.75) is 57.3 Å². The lowest BCUT2D eigenvalue weighted by Crippen LogP contribution is -2.31. The largest absolute Gasteiger partial charge is 0.366 e. The Morgan fingerprint density at radius 2 is 2.00 bits per heavy atom. The second-order valence-electron chi connectivity index (χ2n) is 9.01. The number of hydrogen-bond acceptors (Lipinski definition) is 3. The number of rotatable bonds is 7. The third kappa shape index (κ3) is 3.06. The van der Waals surface area contributed by atoms with Crippen LogP contribution in [0.15, 0.2) is 24.3 Å². The lowest BCUT2D eigenvalue weighted by Gasteiger charge is -2.28. The highest BCUT2D eigenvalue weighted by atomic mass is 16.1. The summed E-state index contributed by atoms with van der Waals surface area (Å²) in [6.07, 6.45) is 7.98. The molecule has 2 saturated carbocycles. The van der Waals surface area contributed by atoms with Crippen molar-refractivity contribution in [1.29, 1.82) is 5.26 Å². The monoisotopic (exact) mass is 365 g/mol. The fourth-order valence-corrected chi connectivity index (χ4v) is 6.23. The maximum atomic E-state index is 11.6. The van der Waals surface area contributed by atoms with Crippen LogP contribution in [0, 0.1) is 28.6 Å². The maximum absolute atomic E-state index is 11.6. The van der Waals surface area contributed by atoms with Gasteiger partial charge in [-0.3, -0.25) is 4.79 Å². The van der Waals surface area contributed by atoms with E-state index >= 15 is 0 Å². The number of carbonyl (C=O) groups excluding carboxylic acids is 1. The fourth-order valence-electron chi connectivity index (χ4n) is 6.23. The molecule has 1 aliphatic heterocycles. The van der Waals surface area contributed by atoms with Crippen LogP contribution in [0.1, 0.15) is 67.8 Å². The zero-order chi connectivity index (χ0) is 19.1. The topological polar surface area (TPSA) is 70.1 Å². The van der Waals surface area contributed by atoms with Gasteiger partial charge in [-0.15, -0.1) is 0 Å². The van der Waals surface area contributed by atoms with E-state index < -0.39 is 0 Å². The standard InChI is InChI=1S/C23H31N3O/c1-2-23(18-8-5-7-17(13-18)21(25)27)19-14-26(15-20(19)23)12-6-11-22(16-24)9-3-4-10-22/h5,7-8,13,19-20H,2-4,6,9-12,14-15H2,1H3,(H2,25,27). The Morgan fingerprint density at radius 1 is 1.30 bits per heavy atom. The van der Waals surface area contributed by atoms with Gasteiger partial charge in [0.05, 0.1) is 11.5 Å². The van der Waals surface area contributed by atoms with E-state index in [1.807, 2.05) is 18.2 Å². The molecule has 1 amide bonds. The molecule has 2 N–H and O–H groups in total. The van der Waals surface area contributed by atoms with Gasteiger partial charge in [0.25, 0.3) is 0 Å². The highest BCUT2D eigenvalue weighted by Crippen LogP contribution is 2.65. The molecule has 1 aromatic rings. The van der Waals surface area contributed by atoms with Crippen LogP contribution in [-0.4, -0.2) is 30.4 Å². The Bertz CT molecular complexity index is 747. The van der Waals surface area contributed by atoms with E-state index in [1.165, 1.54) is 18.4 Å². The van der Waals surface area contributed by atoms with Crippen molar-refractivity contribution in [3.8, 4) is 6.07 Å². The third-order valence-electron chi connectivity index (χ3n) is 7.81. The normalized spacial score (nSPS) is 31.4. The molecule has 27 heavy (non-hydrogen) atoms. The van der Waals surface area contributed by atoms with Crippen LogP contribution in [0.3, 0.4) is 0 Å². The second-order valence-corrected chi connectivity index (χ2v) is 9.01. The zero-order valence-electron chi connectivity index (χ0n) is 16.4. The van der Waals surface area contributed by atoms with Crippen LogP contribution in [0.25, 0.3) is 0 Å². The van der Waals surface area contributed by atoms with Crippen LogP contribution in [0.5, 0.6) is 0 Å². The molecule has 0 aromatic heterocycles. The quantitative estimate of drug-likeness (QED) is 0.797. The molecule has 1 saturated heterocycles. The van der Waals surface area contributed by atoms with Gasteiger partial charge in [-0.25, -0.2) is 0 Å². The number of nitriles is 1. The molecule has 1 heterocycles. The average molecular weight is 366 g/mol. The van der Waals surface area contributed by atoms with Gasteiger partial charge in [0.1, 0.15) is 0 Å². The molecule has 2 atom stereocenters. The highest BCUT2D eigenvalue weighted by Gasteiger charge is 2.67. The van der Waals surface area contributed by atoms with E-state index in [1.54, 1.807) is 0 Å². The van der Waals surface area contributed by atoms with Crippen molar-refractivity contribution in [2.75, 3.05) is 19.6 Å². The molecule has 0 spiro atoms. The third-order valence-corrected chi connectivity index (χ3v) is 7.81. The van der Waals surface area contributed by atoms with Crippen LogP contribution < -0.4 is 5.73 Å². The molecule has 0 radical (unpaired) electrons. The van der Waals surface area contributed by atoms with Crippen LogP contribution in [0.2, 0.25) is 0 Å². The molecular weight excluding hydrogens is 334 g/mol. The van der Waals surface area contributed by atoms with Crippen molar-refractivity contribution in [1.82, 2.24) is 4.90 Å². The van der Waals surface area contributed by atoms with Gasteiger partial charge >= 0.3 is 0 Å². The summed E-state index contributed by atoms with van der Waals surface area (Å²) in [5, 5.41) is 9.55. The molecule has 3 fully saturated rings. The summed E-state index contributed by atoms with van der Waals surface area (Å²) < 4.78 is 0. The first-order valence-corrected chi connectivity index (χ1v) is 10.6. The number of fused-ring (bicyclic) bond motifs is 1. The van der Waals surface area contributed by atoms with Gasteiger partial charge in [-0.05, 0) is 68.2 Å². The van der Waals surface area contributed by atoms with Gasteiger partial charge in [0.15, 0.2) is 0 Å². The Balaban J connectivity index is 1.35. The summed E-state index contributed by atoms with van der Waals surface area (Å²) >= 11 is 0. The van der Waals surface area contributed by atoms with Gasteiger partial charge in [-0.2, -0.15) is 5.26 Å². The predicted octanol–water partition coefficient (Wildman–Crippen LogP) is 3.86. The Morgan fingerprint density at radius 3 is 2.59 bits per heavy atom. The molecule has 2 aliphatic carbocycles. The lowest BCUT2D eigenvalue weighted by molar-refractivity contribution is 0.1000. The molecule has 4 rings (SSSR count). The number of carbonyl (C=O) groups is 1. The summed E-state index contributed by atoms with van der Waals surface area (Å²) in [7, 11) is 0. The van der Waals surface area contributed by atoms with Crippen molar-refractivity contribution in [3.05, 3.63) is 35.4 Å². The first-order valence-electron chi connectivity index (χ1n) is 10.6. The predicted molar refractivity (Wildman–Crippen MR) is 106 cm³/mol. The molecule has 0 bridgehead atoms. The van der Waals surface area contributed by atoms with Gasteiger partial charge in [-0.1, -0.05) is 31.9 Å². The SMILES string of the molecule is CCC1(c2cccc(C(N)=O)c2)C2CN(CCCC3(C#N)CCCC3)CC21. The number of nitrogens with two attached hydrogens (primary N) is 1. The minimum Gasteiger partial charge on any atom is -0.366 e. The van der Waals surface area contributed by atoms with E-state index in [-0.39, 0.29) is 16.7 Å². The van der Waals surface area contributed by atoms with E-state index in [0.717, 1.165) is 51.7 Å². The van der Waals surface area contributed by atoms with Crippen molar-refractivity contribution >= 4 is 5.91 Å².